The van der Waals surface area contributed by atoms with Gasteiger partial charge in [0.05, 0.1) is 6.61 Å². The van der Waals surface area contributed by atoms with E-state index < -0.39 is 0 Å². The fraction of sp³-hybridized carbons (Fsp3) is 0.533. The second-order valence-electron chi connectivity index (χ2n) is 5.35. The average Bonchev–Trinajstić information content (AvgIpc) is 2.46. The molecule has 0 spiro atoms. The topological polar surface area (TPSA) is 67.8 Å². The molecule has 0 atom stereocenters. The van der Waals surface area contributed by atoms with E-state index in [1.807, 2.05) is 26.0 Å². The normalized spacial score (nSPS) is 12.4. The van der Waals surface area contributed by atoms with Gasteiger partial charge in [0.25, 0.3) is 0 Å². The predicted molar refractivity (Wildman–Crippen MR) is 84.8 cm³/mol. The zero-order valence-corrected chi connectivity index (χ0v) is 13.2. The second-order valence-corrected chi connectivity index (χ2v) is 6.23. The minimum Gasteiger partial charge on any atom is -0.494 e. The monoisotopic (exact) mass is 296 g/mol. The molecule has 1 rings (SSSR count). The lowest BCUT2D eigenvalue weighted by Gasteiger charge is -2.22. The van der Waals surface area contributed by atoms with Crippen molar-refractivity contribution >= 4 is 17.6 Å². The highest BCUT2D eigenvalue weighted by Crippen LogP contribution is 2.24. The molecule has 1 aromatic rings. The van der Waals surface area contributed by atoms with E-state index in [-0.39, 0.29) is 11.3 Å². The largest absolute Gasteiger partial charge is 0.494 e. The van der Waals surface area contributed by atoms with Crippen LogP contribution in [-0.4, -0.2) is 23.9 Å². The van der Waals surface area contributed by atoms with Gasteiger partial charge in [-0.2, -0.15) is 0 Å². The molecule has 0 amide bonds. The number of nitrogens with zero attached hydrogens (tertiary/aromatic N) is 1. The Labute approximate surface area is 125 Å². The van der Waals surface area contributed by atoms with Crippen LogP contribution in [0, 0.1) is 5.41 Å². The maximum Gasteiger partial charge on any atom is 0.144 e. The molecule has 0 fully saturated rings. The van der Waals surface area contributed by atoms with Crippen LogP contribution in [0.15, 0.2) is 34.3 Å². The Morgan fingerprint density at radius 3 is 2.50 bits per heavy atom. The van der Waals surface area contributed by atoms with Crippen LogP contribution >= 0.6 is 11.8 Å². The van der Waals surface area contributed by atoms with E-state index in [9.17, 15) is 0 Å². The summed E-state index contributed by atoms with van der Waals surface area (Å²) in [6.07, 6.45) is 4.86. The highest BCUT2D eigenvalue weighted by Gasteiger charge is 2.22. The van der Waals surface area contributed by atoms with E-state index in [0.29, 0.717) is 6.61 Å². The molecule has 0 bridgehead atoms. The highest BCUT2D eigenvalue weighted by atomic mass is 32.2. The van der Waals surface area contributed by atoms with Crippen LogP contribution in [0.1, 0.15) is 33.1 Å². The summed E-state index contributed by atoms with van der Waals surface area (Å²) in [5.74, 6) is 1.18. The molecule has 0 saturated carbocycles. The molecule has 0 aliphatic rings. The van der Waals surface area contributed by atoms with Crippen LogP contribution in [0.25, 0.3) is 0 Å². The Morgan fingerprint density at radius 1 is 1.30 bits per heavy atom. The second kappa shape index (κ2) is 8.04. The van der Waals surface area contributed by atoms with Gasteiger partial charge in [-0.3, -0.25) is 0 Å². The van der Waals surface area contributed by atoms with Crippen molar-refractivity contribution in [3.05, 3.63) is 24.3 Å². The number of ether oxygens (including phenoxy) is 1. The van der Waals surface area contributed by atoms with Gasteiger partial charge in [0.2, 0.25) is 0 Å². The summed E-state index contributed by atoms with van der Waals surface area (Å²) in [5, 5.41) is 11.8. The molecular formula is C15H24N2O2S. The van der Waals surface area contributed by atoms with Crippen LogP contribution in [0.3, 0.4) is 0 Å². The van der Waals surface area contributed by atoms with Crippen molar-refractivity contribution in [1.82, 2.24) is 0 Å². The summed E-state index contributed by atoms with van der Waals surface area (Å²) >= 11 is 1.72. The van der Waals surface area contributed by atoms with Gasteiger partial charge in [0.15, 0.2) is 0 Å². The van der Waals surface area contributed by atoms with Crippen molar-refractivity contribution in [3.8, 4) is 5.75 Å². The Bertz CT molecular complexity index is 430. The maximum absolute atomic E-state index is 8.70. The number of benzene rings is 1. The van der Waals surface area contributed by atoms with Gasteiger partial charge in [-0.15, -0.1) is 11.8 Å². The third kappa shape index (κ3) is 5.33. The summed E-state index contributed by atoms with van der Waals surface area (Å²) in [6.45, 7) is 4.64. The molecule has 3 N–H and O–H groups in total. The van der Waals surface area contributed by atoms with Crippen molar-refractivity contribution in [3.63, 3.8) is 0 Å². The third-order valence-corrected chi connectivity index (χ3v) is 4.07. The van der Waals surface area contributed by atoms with Crippen molar-refractivity contribution in [2.45, 2.75) is 38.0 Å². The van der Waals surface area contributed by atoms with Crippen LogP contribution < -0.4 is 10.5 Å². The number of rotatable bonds is 8. The zero-order valence-electron chi connectivity index (χ0n) is 12.4. The molecule has 0 saturated heterocycles. The first kappa shape index (κ1) is 16.7. The predicted octanol–water partition coefficient (Wildman–Crippen LogP) is 3.73. The molecule has 0 heterocycles. The molecule has 5 heteroatoms. The van der Waals surface area contributed by atoms with E-state index in [1.54, 1.807) is 11.8 Å². The van der Waals surface area contributed by atoms with Gasteiger partial charge in [0.1, 0.15) is 11.6 Å². The molecule has 0 aliphatic carbocycles. The van der Waals surface area contributed by atoms with Crippen LogP contribution in [0.5, 0.6) is 5.75 Å². The van der Waals surface area contributed by atoms with Crippen molar-refractivity contribution in [2.75, 3.05) is 12.9 Å². The molecule has 0 unspecified atom stereocenters. The molecule has 112 valence electrons. The number of unbranched alkanes of at least 4 members (excludes halogenated alkanes) is 1. The number of oxime groups is 1. The number of nitrogens with two attached hydrogens (primary N) is 1. The number of hydrogen-bond donors (Lipinski definition) is 2. The number of hydrogen-bond acceptors (Lipinski definition) is 4. The van der Waals surface area contributed by atoms with Crippen molar-refractivity contribution in [2.24, 2.45) is 16.3 Å². The molecule has 0 radical (unpaired) electrons. The molecule has 4 nitrogen and oxygen atoms in total. The lowest BCUT2D eigenvalue weighted by atomic mass is 9.86. The molecule has 1 aromatic carbocycles. The first-order valence-corrected chi connectivity index (χ1v) is 7.97. The van der Waals surface area contributed by atoms with E-state index >= 15 is 0 Å². The number of amidine groups is 1. The fourth-order valence-corrected chi connectivity index (χ4v) is 2.20. The van der Waals surface area contributed by atoms with Gasteiger partial charge in [0, 0.05) is 10.3 Å². The average molecular weight is 296 g/mol. The first-order valence-electron chi connectivity index (χ1n) is 6.74. The molecular weight excluding hydrogens is 272 g/mol. The van der Waals surface area contributed by atoms with Gasteiger partial charge in [-0.05, 0) is 49.8 Å². The summed E-state index contributed by atoms with van der Waals surface area (Å²) < 4.78 is 5.69. The van der Waals surface area contributed by atoms with Crippen LogP contribution in [-0.2, 0) is 0 Å². The minimum absolute atomic E-state index is 0.269. The van der Waals surface area contributed by atoms with E-state index in [1.165, 1.54) is 4.90 Å². The molecule has 0 aliphatic heterocycles. The van der Waals surface area contributed by atoms with Crippen LogP contribution in [0.4, 0.5) is 0 Å². The first-order chi connectivity index (χ1) is 9.49. The standard InChI is InChI=1S/C15H24N2O2S/c1-15(2,14(16)17-18)10-4-5-11-19-12-6-8-13(20-3)9-7-12/h6-9,18H,4-5,10-11H2,1-3H3,(H2,16,17). The van der Waals surface area contributed by atoms with E-state index in [0.717, 1.165) is 25.0 Å². The van der Waals surface area contributed by atoms with Gasteiger partial charge in [-0.25, -0.2) is 0 Å². The quantitative estimate of drug-likeness (QED) is 0.191. The summed E-state index contributed by atoms with van der Waals surface area (Å²) in [7, 11) is 0. The summed E-state index contributed by atoms with van der Waals surface area (Å²) in [5.41, 5.74) is 5.38. The van der Waals surface area contributed by atoms with E-state index in [4.69, 9.17) is 15.7 Å². The lowest BCUT2D eigenvalue weighted by Crippen LogP contribution is -2.31. The Balaban J connectivity index is 2.25. The van der Waals surface area contributed by atoms with E-state index in [2.05, 4.69) is 23.5 Å². The number of thioether (sulfide) groups is 1. The SMILES string of the molecule is CSc1ccc(OCCCCC(C)(C)/C(N)=N/O)cc1. The van der Waals surface area contributed by atoms with Gasteiger partial charge >= 0.3 is 0 Å². The molecule has 20 heavy (non-hydrogen) atoms. The Morgan fingerprint density at radius 2 is 1.95 bits per heavy atom. The lowest BCUT2D eigenvalue weighted by molar-refractivity contribution is 0.288. The van der Waals surface area contributed by atoms with Gasteiger partial charge in [-0.1, -0.05) is 19.0 Å². The molecule has 0 aromatic heterocycles. The fourth-order valence-electron chi connectivity index (χ4n) is 1.79. The summed E-state index contributed by atoms with van der Waals surface area (Å²) in [6, 6.07) is 8.10. The maximum atomic E-state index is 8.70. The van der Waals surface area contributed by atoms with Crippen molar-refractivity contribution < 1.29 is 9.94 Å². The van der Waals surface area contributed by atoms with Gasteiger partial charge < -0.3 is 15.7 Å². The Hall–Kier alpha value is -1.36. The summed E-state index contributed by atoms with van der Waals surface area (Å²) in [4.78, 5) is 1.23. The smallest absolute Gasteiger partial charge is 0.144 e. The van der Waals surface area contributed by atoms with Crippen molar-refractivity contribution in [1.29, 1.82) is 0 Å². The minimum atomic E-state index is -0.269. The third-order valence-electron chi connectivity index (χ3n) is 3.33. The Kier molecular flexibility index (Phi) is 6.71. The highest BCUT2D eigenvalue weighted by molar-refractivity contribution is 7.98. The zero-order chi connectivity index (χ0) is 15.0. The van der Waals surface area contributed by atoms with Crippen LogP contribution in [0.2, 0.25) is 0 Å².